The number of hydrogen-bond donors (Lipinski definition) is 0. The van der Waals surface area contributed by atoms with Gasteiger partial charge in [0.1, 0.15) is 17.2 Å². The number of benzene rings is 1. The summed E-state index contributed by atoms with van der Waals surface area (Å²) in [5.41, 5.74) is 3.06. The van der Waals surface area contributed by atoms with E-state index in [1.807, 2.05) is 6.07 Å². The van der Waals surface area contributed by atoms with Crippen LogP contribution in [0, 0.1) is 11.3 Å². The van der Waals surface area contributed by atoms with E-state index in [4.69, 9.17) is 9.72 Å². The fraction of sp³-hybridized carbons (Fsp3) is 0.450. The van der Waals surface area contributed by atoms with Gasteiger partial charge in [-0.05, 0) is 25.1 Å². The lowest BCUT2D eigenvalue weighted by atomic mass is 9.93. The first-order valence-corrected chi connectivity index (χ1v) is 9.55. The summed E-state index contributed by atoms with van der Waals surface area (Å²) < 4.78 is 5.95. The quantitative estimate of drug-likeness (QED) is 0.762. The highest BCUT2D eigenvalue weighted by molar-refractivity contribution is 7.09. The number of carbonyl (C=O) groups is 1. The van der Waals surface area contributed by atoms with Crippen LogP contribution >= 0.6 is 11.3 Å². The van der Waals surface area contributed by atoms with Crippen molar-refractivity contribution in [2.75, 3.05) is 24.6 Å². The van der Waals surface area contributed by atoms with Crippen LogP contribution in [0.15, 0.2) is 23.6 Å². The predicted octanol–water partition coefficient (Wildman–Crippen LogP) is 4.09. The molecule has 1 aromatic carbocycles. The van der Waals surface area contributed by atoms with Crippen LogP contribution in [-0.4, -0.2) is 30.5 Å². The summed E-state index contributed by atoms with van der Waals surface area (Å²) in [7, 11) is 0. The van der Waals surface area contributed by atoms with Gasteiger partial charge in [0.05, 0.1) is 30.1 Å². The Hall–Kier alpha value is -2.23. The molecule has 0 aliphatic carbocycles. The van der Waals surface area contributed by atoms with Gasteiger partial charge in [-0.25, -0.2) is 4.98 Å². The highest BCUT2D eigenvalue weighted by atomic mass is 32.1. The van der Waals surface area contributed by atoms with Crippen molar-refractivity contribution in [3.63, 3.8) is 0 Å². The summed E-state index contributed by atoms with van der Waals surface area (Å²) in [4.78, 5) is 18.6. The molecule has 1 saturated heterocycles. The van der Waals surface area contributed by atoms with Crippen LogP contribution < -0.4 is 4.90 Å². The molecule has 1 aliphatic rings. The number of nitriles is 1. The van der Waals surface area contributed by atoms with E-state index in [1.54, 1.807) is 23.5 Å². The maximum Gasteiger partial charge on any atom is 0.159 e. The fourth-order valence-electron chi connectivity index (χ4n) is 2.90. The molecule has 0 radical (unpaired) electrons. The maximum absolute atomic E-state index is 11.7. The van der Waals surface area contributed by atoms with Gasteiger partial charge in [0, 0.05) is 22.9 Å². The van der Waals surface area contributed by atoms with Crippen molar-refractivity contribution in [1.29, 1.82) is 5.26 Å². The highest BCUT2D eigenvalue weighted by Gasteiger charge is 2.28. The fourth-order valence-corrected chi connectivity index (χ4v) is 3.99. The zero-order chi connectivity index (χ0) is 18.9. The summed E-state index contributed by atoms with van der Waals surface area (Å²) in [5.74, 6) is -0.00436. The lowest BCUT2D eigenvalue weighted by Gasteiger charge is -2.34. The molecule has 1 unspecified atom stereocenters. The molecule has 0 N–H and O–H groups in total. The van der Waals surface area contributed by atoms with E-state index < -0.39 is 0 Å². The first-order chi connectivity index (χ1) is 12.3. The third-order valence-electron chi connectivity index (χ3n) is 4.50. The summed E-state index contributed by atoms with van der Waals surface area (Å²) in [6, 6.07) is 7.47. The summed E-state index contributed by atoms with van der Waals surface area (Å²) in [6.07, 6.45) is -0.127. The molecule has 1 aromatic heterocycles. The van der Waals surface area contributed by atoms with E-state index in [2.05, 4.69) is 37.1 Å². The number of ether oxygens (including phenoxy) is 1. The Balaban J connectivity index is 1.87. The van der Waals surface area contributed by atoms with Gasteiger partial charge in [-0.1, -0.05) is 20.8 Å². The maximum atomic E-state index is 11.7. The summed E-state index contributed by atoms with van der Waals surface area (Å²) in [5, 5.41) is 12.5. The second-order valence-electron chi connectivity index (χ2n) is 7.53. The highest BCUT2D eigenvalue weighted by Crippen LogP contribution is 2.32. The first-order valence-electron chi connectivity index (χ1n) is 8.67. The Kier molecular flexibility index (Phi) is 5.12. The molecule has 6 heteroatoms. The number of nitrogens with zero attached hydrogens (tertiary/aromatic N) is 3. The van der Waals surface area contributed by atoms with Gasteiger partial charge in [-0.2, -0.15) is 5.26 Å². The van der Waals surface area contributed by atoms with Crippen molar-refractivity contribution in [2.24, 2.45) is 0 Å². The largest absolute Gasteiger partial charge is 0.367 e. The Morgan fingerprint density at radius 1 is 1.42 bits per heavy atom. The van der Waals surface area contributed by atoms with Crippen molar-refractivity contribution in [3.05, 3.63) is 45.4 Å². The average molecular weight is 369 g/mol. The summed E-state index contributed by atoms with van der Waals surface area (Å²) in [6.45, 7) is 9.84. The third kappa shape index (κ3) is 3.79. The Bertz CT molecular complexity index is 861. The SMILES string of the molecule is CC(=O)c1ccc(C#N)c(N2CCOC(c3nc(C(C)(C)C)cs3)C2)c1. The lowest BCUT2D eigenvalue weighted by molar-refractivity contribution is 0.0395. The van der Waals surface area contributed by atoms with Crippen LogP contribution in [0.25, 0.3) is 0 Å². The van der Waals surface area contributed by atoms with Gasteiger partial charge in [0.15, 0.2) is 5.78 Å². The molecule has 26 heavy (non-hydrogen) atoms. The van der Waals surface area contributed by atoms with Crippen molar-refractivity contribution >= 4 is 22.8 Å². The van der Waals surface area contributed by atoms with Gasteiger partial charge in [-0.15, -0.1) is 11.3 Å². The number of hydrogen-bond acceptors (Lipinski definition) is 6. The average Bonchev–Trinajstić information content (AvgIpc) is 3.12. The molecule has 2 heterocycles. The molecule has 136 valence electrons. The van der Waals surface area contributed by atoms with Gasteiger partial charge in [-0.3, -0.25) is 4.79 Å². The number of carbonyl (C=O) groups excluding carboxylic acids is 1. The molecule has 0 amide bonds. The minimum atomic E-state index is -0.127. The van der Waals surface area contributed by atoms with E-state index in [1.165, 1.54) is 6.92 Å². The van der Waals surface area contributed by atoms with Gasteiger partial charge < -0.3 is 9.64 Å². The van der Waals surface area contributed by atoms with Crippen molar-refractivity contribution in [1.82, 2.24) is 4.98 Å². The molecular weight excluding hydrogens is 346 g/mol. The molecule has 0 spiro atoms. The summed E-state index contributed by atoms with van der Waals surface area (Å²) >= 11 is 1.62. The second kappa shape index (κ2) is 7.18. The minimum absolute atomic E-state index is 0.00436. The molecule has 1 aliphatic heterocycles. The number of morpholine rings is 1. The Morgan fingerprint density at radius 2 is 2.19 bits per heavy atom. The van der Waals surface area contributed by atoms with Crippen LogP contribution in [0.5, 0.6) is 0 Å². The van der Waals surface area contributed by atoms with Crippen LogP contribution in [-0.2, 0) is 10.2 Å². The molecule has 1 atom stereocenters. The standard InChI is InChI=1S/C20H23N3O2S/c1-13(24)14-5-6-15(10-21)16(9-14)23-7-8-25-17(11-23)19-22-18(12-26-19)20(2,3)4/h5-6,9,12,17H,7-8,11H2,1-4H3. The molecule has 1 fully saturated rings. The number of aromatic nitrogens is 1. The lowest BCUT2D eigenvalue weighted by Crippen LogP contribution is -2.39. The van der Waals surface area contributed by atoms with Gasteiger partial charge >= 0.3 is 0 Å². The zero-order valence-corrected chi connectivity index (χ0v) is 16.4. The van der Waals surface area contributed by atoms with E-state index in [0.717, 1.165) is 16.4 Å². The predicted molar refractivity (Wildman–Crippen MR) is 103 cm³/mol. The molecule has 3 rings (SSSR count). The number of thiazole rings is 1. The number of rotatable bonds is 3. The van der Waals surface area contributed by atoms with E-state index in [-0.39, 0.29) is 17.3 Å². The van der Waals surface area contributed by atoms with E-state index >= 15 is 0 Å². The van der Waals surface area contributed by atoms with Crippen molar-refractivity contribution < 1.29 is 9.53 Å². The first kappa shape index (κ1) is 18.6. The van der Waals surface area contributed by atoms with Gasteiger partial charge in [0.25, 0.3) is 0 Å². The van der Waals surface area contributed by atoms with Crippen molar-refractivity contribution in [3.8, 4) is 6.07 Å². The zero-order valence-electron chi connectivity index (χ0n) is 15.6. The Morgan fingerprint density at radius 3 is 2.81 bits per heavy atom. The normalized spacial score (nSPS) is 17.8. The van der Waals surface area contributed by atoms with Crippen LogP contribution in [0.3, 0.4) is 0 Å². The third-order valence-corrected chi connectivity index (χ3v) is 5.43. The number of ketones is 1. The van der Waals surface area contributed by atoms with E-state index in [0.29, 0.717) is 30.8 Å². The topological polar surface area (TPSA) is 66.2 Å². The second-order valence-corrected chi connectivity index (χ2v) is 8.42. The van der Waals surface area contributed by atoms with Gasteiger partial charge in [0.2, 0.25) is 0 Å². The van der Waals surface area contributed by atoms with Crippen LogP contribution in [0.2, 0.25) is 0 Å². The smallest absolute Gasteiger partial charge is 0.159 e. The molecule has 2 aromatic rings. The number of Topliss-reactive ketones (excluding diaryl/α,β-unsaturated/α-hetero) is 1. The number of anilines is 1. The molecule has 0 saturated carbocycles. The Labute approximate surface area is 158 Å². The molecule has 0 bridgehead atoms. The van der Waals surface area contributed by atoms with E-state index in [9.17, 15) is 10.1 Å². The molecule has 5 nitrogen and oxygen atoms in total. The minimum Gasteiger partial charge on any atom is -0.367 e. The van der Waals surface area contributed by atoms with Crippen LogP contribution in [0.1, 0.15) is 60.4 Å². The monoisotopic (exact) mass is 369 g/mol. The molecular formula is C20H23N3O2S. The van der Waals surface area contributed by atoms with Crippen molar-refractivity contribution in [2.45, 2.75) is 39.2 Å². The van der Waals surface area contributed by atoms with Crippen LogP contribution in [0.4, 0.5) is 5.69 Å².